The molecule has 6 aliphatic heterocycles. The van der Waals surface area contributed by atoms with E-state index in [0.29, 0.717) is 105 Å². The maximum Gasteiger partial charge on any atom is 0.416 e. The van der Waals surface area contributed by atoms with Crippen molar-refractivity contribution in [3.05, 3.63) is 183 Å². The predicted octanol–water partition coefficient (Wildman–Crippen LogP) is 13.0. The van der Waals surface area contributed by atoms with E-state index < -0.39 is 52.9 Å². The van der Waals surface area contributed by atoms with Gasteiger partial charge in [-0.1, -0.05) is 36.4 Å². The quantitative estimate of drug-likeness (QED) is 0.0691. The highest BCUT2D eigenvalue weighted by atomic mass is 19.4. The van der Waals surface area contributed by atoms with Gasteiger partial charge in [0.25, 0.3) is 0 Å². The minimum Gasteiger partial charge on any atom is -0.493 e. The van der Waals surface area contributed by atoms with Crippen LogP contribution in [0.3, 0.4) is 0 Å². The Morgan fingerprint density at radius 2 is 0.815 bits per heavy atom. The van der Waals surface area contributed by atoms with E-state index in [2.05, 4.69) is 31.9 Å². The van der Waals surface area contributed by atoms with Crippen LogP contribution in [0.4, 0.5) is 88.0 Å². The molecule has 0 aliphatic carbocycles. The molecule has 27 heteroatoms. The normalized spacial score (nSPS) is 17.2. The third kappa shape index (κ3) is 14.6. The SMILES string of the molecule is CN1C(=O)NCc2c(NC(=O)/C=C3\CCCOc4cc(C(F)(F)F)ccc43)cccc21.CN1C(=O)NCc2c(NC(=O)/C=C3\CCOCc4cc(C(F)(F)F)ccc43)cccc21.CN1C(=O)NCc2c(NC(=O)/C=C3\CCOc4cc(C(F)(F)F)ccc43)cccc21. The lowest BCUT2D eigenvalue weighted by atomic mass is 9.96. The van der Waals surface area contributed by atoms with Crippen molar-refractivity contribution in [2.75, 3.05) is 71.6 Å². The lowest BCUT2D eigenvalue weighted by Gasteiger charge is -2.28. The average molecular weight is 1280 g/mol. The molecule has 0 atom stereocenters. The number of carbonyl (C=O) groups is 6. The number of nitrogens with zero attached hydrogens (tertiary/aromatic N) is 3. The van der Waals surface area contributed by atoms with Gasteiger partial charge < -0.3 is 46.1 Å². The predicted molar refractivity (Wildman–Crippen MR) is 325 cm³/mol. The van der Waals surface area contributed by atoms with Gasteiger partial charge in [-0.2, -0.15) is 39.5 Å². The summed E-state index contributed by atoms with van der Waals surface area (Å²) < 4.78 is 133. The number of halogens is 9. The van der Waals surface area contributed by atoms with Gasteiger partial charge in [-0.05, 0) is 120 Å². The molecular weight excluding hydrogens is 1220 g/mol. The minimum absolute atomic E-state index is 0.0520. The molecule has 18 nitrogen and oxygen atoms in total. The molecule has 0 saturated carbocycles. The van der Waals surface area contributed by atoms with E-state index in [1.54, 1.807) is 75.7 Å². The van der Waals surface area contributed by atoms with Crippen LogP contribution in [-0.4, -0.2) is 76.8 Å². The number of hydrogen-bond acceptors (Lipinski definition) is 9. The number of amides is 9. The third-order valence-electron chi connectivity index (χ3n) is 15.7. The van der Waals surface area contributed by atoms with E-state index in [1.165, 1.54) is 51.1 Å². The number of carbonyl (C=O) groups excluding carboxylic acids is 6. The molecule has 0 spiro atoms. The number of alkyl halides is 9. The molecule has 6 heterocycles. The summed E-state index contributed by atoms with van der Waals surface area (Å²) in [5.74, 6) is -0.999. The van der Waals surface area contributed by atoms with Crippen molar-refractivity contribution in [3.63, 3.8) is 0 Å². The van der Waals surface area contributed by atoms with E-state index in [0.717, 1.165) is 53.1 Å². The Morgan fingerprint density at radius 1 is 0.457 bits per heavy atom. The van der Waals surface area contributed by atoms with Crippen LogP contribution in [0.2, 0.25) is 0 Å². The van der Waals surface area contributed by atoms with E-state index in [4.69, 9.17) is 14.2 Å². The number of hydrogen-bond donors (Lipinski definition) is 6. The summed E-state index contributed by atoms with van der Waals surface area (Å²) in [6.45, 7) is 1.65. The summed E-state index contributed by atoms with van der Waals surface area (Å²) >= 11 is 0. The Kier molecular flexibility index (Phi) is 18.7. The summed E-state index contributed by atoms with van der Waals surface area (Å²) in [6.07, 6.45) is -7.35. The number of benzene rings is 6. The zero-order valence-corrected chi connectivity index (χ0v) is 49.3. The first-order valence-electron chi connectivity index (χ1n) is 28.6. The summed E-state index contributed by atoms with van der Waals surface area (Å²) in [5.41, 5.74) is 7.46. The molecule has 6 aromatic carbocycles. The van der Waals surface area contributed by atoms with Crippen LogP contribution in [0.15, 0.2) is 127 Å². The second-order valence-corrected chi connectivity index (χ2v) is 21.7. The van der Waals surface area contributed by atoms with Crippen molar-refractivity contribution in [3.8, 4) is 11.5 Å². The number of anilines is 6. The Balaban J connectivity index is 0.000000151. The van der Waals surface area contributed by atoms with Gasteiger partial charge in [-0.25, -0.2) is 14.4 Å². The third-order valence-corrected chi connectivity index (χ3v) is 15.7. The summed E-state index contributed by atoms with van der Waals surface area (Å²) in [6, 6.07) is 25.1. The number of rotatable bonds is 6. The number of ether oxygens (including phenoxy) is 3. The molecule has 92 heavy (non-hydrogen) atoms. The Labute approximate surface area is 520 Å². The summed E-state index contributed by atoms with van der Waals surface area (Å²) in [4.78, 5) is 78.0. The Morgan fingerprint density at radius 3 is 1.23 bits per heavy atom. The molecule has 0 saturated heterocycles. The van der Waals surface area contributed by atoms with Crippen LogP contribution in [-0.2, 0) is 63.9 Å². The molecule has 6 aromatic rings. The summed E-state index contributed by atoms with van der Waals surface area (Å²) in [7, 11) is 4.91. The second-order valence-electron chi connectivity index (χ2n) is 21.7. The van der Waals surface area contributed by atoms with Crippen LogP contribution in [0.5, 0.6) is 11.5 Å². The zero-order chi connectivity index (χ0) is 65.8. The van der Waals surface area contributed by atoms with Crippen molar-refractivity contribution >= 4 is 86.7 Å². The molecule has 0 unspecified atom stereocenters. The topological polar surface area (TPSA) is 212 Å². The molecule has 6 aliphatic rings. The molecule has 12 rings (SSSR count). The van der Waals surface area contributed by atoms with Gasteiger partial charge in [0.05, 0.1) is 60.2 Å². The molecular formula is C65H58F9N9O9. The number of urea groups is 3. The van der Waals surface area contributed by atoms with Crippen LogP contribution in [0, 0.1) is 0 Å². The van der Waals surface area contributed by atoms with Crippen molar-refractivity contribution in [1.29, 1.82) is 0 Å². The molecule has 0 fully saturated rings. The molecule has 0 aromatic heterocycles. The van der Waals surface area contributed by atoms with Gasteiger partial charge in [0.15, 0.2) is 0 Å². The maximum atomic E-state index is 13.0. The van der Waals surface area contributed by atoms with Crippen molar-refractivity contribution in [2.24, 2.45) is 0 Å². The lowest BCUT2D eigenvalue weighted by molar-refractivity contribution is -0.138. The molecule has 0 radical (unpaired) electrons. The van der Waals surface area contributed by atoms with Crippen molar-refractivity contribution < 1.29 is 82.5 Å². The van der Waals surface area contributed by atoms with E-state index >= 15 is 0 Å². The lowest BCUT2D eigenvalue weighted by Crippen LogP contribution is -2.41. The molecule has 0 bridgehead atoms. The van der Waals surface area contributed by atoms with Gasteiger partial charge in [-0.15, -0.1) is 0 Å². The Bertz CT molecular complexity index is 3860. The average Bonchev–Trinajstić information content (AvgIpc) is 0.867. The van der Waals surface area contributed by atoms with Crippen LogP contribution >= 0.6 is 0 Å². The van der Waals surface area contributed by atoms with E-state index in [1.807, 2.05) is 0 Å². The first kappa shape index (κ1) is 64.7. The smallest absolute Gasteiger partial charge is 0.416 e. The maximum absolute atomic E-state index is 13.0. The highest BCUT2D eigenvalue weighted by Gasteiger charge is 2.35. The Hall–Kier alpha value is -10.3. The van der Waals surface area contributed by atoms with Gasteiger partial charge in [0.1, 0.15) is 11.5 Å². The van der Waals surface area contributed by atoms with E-state index in [9.17, 15) is 68.3 Å². The van der Waals surface area contributed by atoms with Crippen LogP contribution < -0.4 is 56.1 Å². The fourth-order valence-corrected chi connectivity index (χ4v) is 11.0. The van der Waals surface area contributed by atoms with E-state index in [-0.39, 0.29) is 69.0 Å². The highest BCUT2D eigenvalue weighted by Crippen LogP contribution is 2.42. The van der Waals surface area contributed by atoms with Crippen molar-refractivity contribution in [2.45, 2.75) is 70.5 Å². The first-order chi connectivity index (χ1) is 43.7. The molecule has 480 valence electrons. The zero-order valence-electron chi connectivity index (χ0n) is 49.3. The van der Waals surface area contributed by atoms with Gasteiger partial charge >= 0.3 is 36.6 Å². The monoisotopic (exact) mass is 1280 g/mol. The highest BCUT2D eigenvalue weighted by molar-refractivity contribution is 6.08. The van der Waals surface area contributed by atoms with Crippen LogP contribution in [0.25, 0.3) is 16.7 Å². The standard InChI is InChI=1S/2C22H20F3N3O3.C21H18F3N3O3/c1-28-18-6-2-5-17(16(18)12-26-21(28)30)27-20(29)10-13-4-3-9-31-19-11-14(22(23,24)25)7-8-15(13)19;1-28-19-4-2-3-18(17(19)11-26-21(28)30)27-20(29)10-13-7-8-31-12-14-9-15(22(23,24)25)5-6-16(13)14;1-27-17-4-2-3-16(15(17)11-25-20(27)29)26-19(28)9-12-7-8-30-18-10-13(21(22,23)24)5-6-14(12)18/h2,5-8,10-11H,3-4,9,12H2,1H3,(H,26,30)(H,27,29);2-6,9-10H,7-8,11-12H2,1H3,(H,26,30)(H,27,29);2-6,9-10H,7-8,11H2,1H3,(H,25,29)(H,26,28)/b2*13-10+;12-9+. The molecule has 9 amide bonds. The number of fused-ring (bicyclic) bond motifs is 6. The minimum atomic E-state index is -4.47. The number of nitrogens with one attached hydrogen (secondary N) is 6. The van der Waals surface area contributed by atoms with Crippen LogP contribution in [0.1, 0.15) is 81.3 Å². The second kappa shape index (κ2) is 26.6. The largest absolute Gasteiger partial charge is 0.493 e. The van der Waals surface area contributed by atoms with Gasteiger partial charge in [0.2, 0.25) is 17.7 Å². The fourth-order valence-electron chi connectivity index (χ4n) is 11.0. The van der Waals surface area contributed by atoms with Gasteiger partial charge in [0, 0.05) is 110 Å². The molecule has 6 N–H and O–H groups in total. The first-order valence-corrected chi connectivity index (χ1v) is 28.6. The summed E-state index contributed by atoms with van der Waals surface area (Å²) in [5, 5.41) is 16.6. The van der Waals surface area contributed by atoms with Crippen molar-refractivity contribution in [1.82, 2.24) is 16.0 Å². The number of allylic oxidation sites excluding steroid dienone is 1. The fraction of sp³-hybridized carbons (Fsp3) is 0.262. The van der Waals surface area contributed by atoms with Gasteiger partial charge in [-0.3, -0.25) is 29.1 Å².